The summed E-state index contributed by atoms with van der Waals surface area (Å²) < 4.78 is 0. The van der Waals surface area contributed by atoms with Gasteiger partial charge in [-0.05, 0) is 56.3 Å². The van der Waals surface area contributed by atoms with Gasteiger partial charge in [0.15, 0.2) is 0 Å². The van der Waals surface area contributed by atoms with Gasteiger partial charge < -0.3 is 11.1 Å². The van der Waals surface area contributed by atoms with E-state index in [0.717, 1.165) is 19.6 Å². The molecule has 0 aliphatic carbocycles. The minimum Gasteiger partial charge on any atom is -0.330 e. The van der Waals surface area contributed by atoms with E-state index in [1.807, 2.05) is 11.3 Å². The second kappa shape index (κ2) is 6.69. The maximum atomic E-state index is 5.85. The van der Waals surface area contributed by atoms with E-state index in [9.17, 15) is 0 Å². The molecule has 0 radical (unpaired) electrons. The van der Waals surface area contributed by atoms with Gasteiger partial charge in [0, 0.05) is 16.3 Å². The van der Waals surface area contributed by atoms with Crippen LogP contribution < -0.4 is 11.1 Å². The van der Waals surface area contributed by atoms with Gasteiger partial charge in [-0.1, -0.05) is 20.8 Å². The van der Waals surface area contributed by atoms with Crippen LogP contribution in [-0.4, -0.2) is 13.1 Å². The molecule has 2 nitrogen and oxygen atoms in total. The molecule has 0 fully saturated rings. The summed E-state index contributed by atoms with van der Waals surface area (Å²) in [5.41, 5.74) is 7.62. The van der Waals surface area contributed by atoms with Crippen molar-refractivity contribution in [2.24, 2.45) is 17.1 Å². The minimum absolute atomic E-state index is 0.363. The first kappa shape index (κ1) is 15.7. The van der Waals surface area contributed by atoms with Crippen molar-refractivity contribution < 1.29 is 0 Å². The summed E-state index contributed by atoms with van der Waals surface area (Å²) in [4.78, 5) is 2.85. The fourth-order valence-electron chi connectivity index (χ4n) is 2.24. The summed E-state index contributed by atoms with van der Waals surface area (Å²) in [6, 6.07) is 2.29. The van der Waals surface area contributed by atoms with E-state index in [-0.39, 0.29) is 0 Å². The van der Waals surface area contributed by atoms with Crippen LogP contribution in [-0.2, 0) is 6.54 Å². The third kappa shape index (κ3) is 5.51. The molecule has 0 bridgehead atoms. The van der Waals surface area contributed by atoms with Crippen LogP contribution in [0.2, 0.25) is 0 Å². The van der Waals surface area contributed by atoms with Gasteiger partial charge in [-0.2, -0.15) is 0 Å². The zero-order valence-electron chi connectivity index (χ0n) is 12.5. The first-order valence-electron chi connectivity index (χ1n) is 6.78. The Labute approximate surface area is 116 Å². The van der Waals surface area contributed by atoms with Gasteiger partial charge in [0.05, 0.1) is 0 Å². The van der Waals surface area contributed by atoms with Crippen LogP contribution in [0.15, 0.2) is 6.07 Å². The van der Waals surface area contributed by atoms with E-state index < -0.39 is 0 Å². The lowest BCUT2D eigenvalue weighted by Gasteiger charge is -2.25. The van der Waals surface area contributed by atoms with Crippen LogP contribution in [0.4, 0.5) is 0 Å². The zero-order chi connectivity index (χ0) is 13.8. The Morgan fingerprint density at radius 3 is 2.44 bits per heavy atom. The Hall–Kier alpha value is -0.380. The van der Waals surface area contributed by atoms with E-state index in [0.29, 0.717) is 11.3 Å². The highest BCUT2D eigenvalue weighted by Gasteiger charge is 2.17. The van der Waals surface area contributed by atoms with Crippen LogP contribution in [0.5, 0.6) is 0 Å². The molecule has 0 aliphatic heterocycles. The molecule has 1 aromatic rings. The molecule has 0 saturated carbocycles. The maximum absolute atomic E-state index is 5.85. The van der Waals surface area contributed by atoms with E-state index in [4.69, 9.17) is 5.73 Å². The average Bonchev–Trinajstić information content (AvgIpc) is 2.55. The summed E-state index contributed by atoms with van der Waals surface area (Å²) in [6.07, 6.45) is 1.18. The van der Waals surface area contributed by atoms with Gasteiger partial charge in [-0.25, -0.2) is 0 Å². The van der Waals surface area contributed by atoms with Gasteiger partial charge in [0.25, 0.3) is 0 Å². The average molecular weight is 268 g/mol. The van der Waals surface area contributed by atoms with Gasteiger partial charge in [0.2, 0.25) is 0 Å². The second-order valence-electron chi connectivity index (χ2n) is 6.45. The fraction of sp³-hybridized carbons (Fsp3) is 0.733. The molecule has 0 amide bonds. The van der Waals surface area contributed by atoms with Gasteiger partial charge in [0.1, 0.15) is 0 Å². The van der Waals surface area contributed by atoms with E-state index in [1.54, 1.807) is 0 Å². The van der Waals surface area contributed by atoms with E-state index in [1.165, 1.54) is 21.7 Å². The molecule has 0 saturated heterocycles. The van der Waals surface area contributed by atoms with Crippen LogP contribution in [0.3, 0.4) is 0 Å². The molecular formula is C15H28N2S. The first-order chi connectivity index (χ1) is 8.31. The molecule has 0 aromatic carbocycles. The number of hydrogen-bond donors (Lipinski definition) is 2. The lowest BCUT2D eigenvalue weighted by molar-refractivity contribution is 0.290. The molecule has 1 atom stereocenters. The number of hydrogen-bond acceptors (Lipinski definition) is 3. The van der Waals surface area contributed by atoms with Crippen molar-refractivity contribution in [3.63, 3.8) is 0 Å². The molecule has 1 rings (SSSR count). The largest absolute Gasteiger partial charge is 0.330 e. The second-order valence-corrected chi connectivity index (χ2v) is 7.79. The molecule has 3 N–H and O–H groups in total. The van der Waals surface area contributed by atoms with Crippen LogP contribution in [0.25, 0.3) is 0 Å². The van der Waals surface area contributed by atoms with Crippen molar-refractivity contribution in [2.45, 2.75) is 47.6 Å². The highest BCUT2D eigenvalue weighted by atomic mass is 32.1. The smallest absolute Gasteiger partial charge is 0.0300 e. The van der Waals surface area contributed by atoms with Crippen molar-refractivity contribution in [2.75, 3.05) is 13.1 Å². The van der Waals surface area contributed by atoms with Gasteiger partial charge in [-0.3, -0.25) is 0 Å². The number of aryl methyl sites for hydroxylation is 2. The van der Waals surface area contributed by atoms with Crippen molar-refractivity contribution in [1.82, 2.24) is 5.32 Å². The number of nitrogens with one attached hydrogen (secondary N) is 1. The molecule has 104 valence electrons. The monoisotopic (exact) mass is 268 g/mol. The Morgan fingerprint density at radius 2 is 2.00 bits per heavy atom. The molecule has 0 spiro atoms. The molecule has 3 heteroatoms. The van der Waals surface area contributed by atoms with Crippen LogP contribution in [0.1, 0.15) is 42.5 Å². The lowest BCUT2D eigenvalue weighted by atomic mass is 9.84. The number of thiophene rings is 1. The van der Waals surface area contributed by atoms with Gasteiger partial charge >= 0.3 is 0 Å². The third-order valence-corrected chi connectivity index (χ3v) is 4.34. The summed E-state index contributed by atoms with van der Waals surface area (Å²) in [5, 5.41) is 3.55. The number of rotatable bonds is 6. The summed E-state index contributed by atoms with van der Waals surface area (Å²) in [5.74, 6) is 0.576. The highest BCUT2D eigenvalue weighted by molar-refractivity contribution is 7.12. The summed E-state index contributed by atoms with van der Waals surface area (Å²) in [7, 11) is 0. The van der Waals surface area contributed by atoms with Crippen LogP contribution >= 0.6 is 11.3 Å². The van der Waals surface area contributed by atoms with Gasteiger partial charge in [-0.15, -0.1) is 11.3 Å². The van der Waals surface area contributed by atoms with E-state index in [2.05, 4.69) is 46.0 Å². The lowest BCUT2D eigenvalue weighted by Crippen LogP contribution is -2.30. The van der Waals surface area contributed by atoms with Crippen molar-refractivity contribution in [3.05, 3.63) is 21.4 Å². The fourth-order valence-corrected chi connectivity index (χ4v) is 3.26. The van der Waals surface area contributed by atoms with Crippen molar-refractivity contribution in [3.8, 4) is 0 Å². The summed E-state index contributed by atoms with van der Waals surface area (Å²) >= 11 is 1.89. The van der Waals surface area contributed by atoms with Crippen LogP contribution in [0, 0.1) is 25.2 Å². The topological polar surface area (TPSA) is 38.0 Å². The Kier molecular flexibility index (Phi) is 5.83. The molecule has 1 unspecified atom stereocenters. The predicted molar refractivity (Wildman–Crippen MR) is 82.1 cm³/mol. The normalized spacial score (nSPS) is 13.9. The highest BCUT2D eigenvalue weighted by Crippen LogP contribution is 2.24. The number of nitrogens with two attached hydrogens (primary N) is 1. The van der Waals surface area contributed by atoms with Crippen molar-refractivity contribution >= 4 is 11.3 Å². The Morgan fingerprint density at radius 1 is 1.33 bits per heavy atom. The Balaban J connectivity index is 2.35. The first-order valence-corrected chi connectivity index (χ1v) is 7.60. The molecule has 0 aliphatic rings. The van der Waals surface area contributed by atoms with E-state index >= 15 is 0 Å². The van der Waals surface area contributed by atoms with Crippen molar-refractivity contribution in [1.29, 1.82) is 0 Å². The zero-order valence-corrected chi connectivity index (χ0v) is 13.3. The third-order valence-electron chi connectivity index (χ3n) is 3.18. The molecule has 1 aromatic heterocycles. The Bertz CT molecular complexity index is 344. The standard InChI is InChI=1S/C15H28N2S/c1-11-6-14(18-12(11)2)10-17-9-13(8-16)7-15(3,4)5/h6,13,17H,7-10,16H2,1-5H3. The minimum atomic E-state index is 0.363. The quantitative estimate of drug-likeness (QED) is 0.829. The molecular weight excluding hydrogens is 240 g/mol. The summed E-state index contributed by atoms with van der Waals surface area (Å²) in [6.45, 7) is 14.0. The molecule has 1 heterocycles. The predicted octanol–water partition coefficient (Wildman–Crippen LogP) is 3.47. The maximum Gasteiger partial charge on any atom is 0.0300 e. The SMILES string of the molecule is Cc1cc(CNCC(CN)CC(C)(C)C)sc1C. The molecule has 18 heavy (non-hydrogen) atoms.